The Morgan fingerprint density at radius 2 is 1.57 bits per heavy atom. The van der Waals surface area contributed by atoms with Crippen LogP contribution in [0, 0.1) is 0 Å². The number of rotatable bonds is 5. The first-order valence-electron chi connectivity index (χ1n) is 6.71. The van der Waals surface area contributed by atoms with Crippen LogP contribution in [0.4, 0.5) is 0 Å². The van der Waals surface area contributed by atoms with Gasteiger partial charge >= 0.3 is 0 Å². The minimum atomic E-state index is 0.0368. The lowest BCUT2D eigenvalue weighted by atomic mass is 10.1. The fraction of sp³-hybridized carbons (Fsp3) is 0.188. The fourth-order valence-electron chi connectivity index (χ4n) is 1.97. The average Bonchev–Trinajstić information content (AvgIpc) is 2.45. The van der Waals surface area contributed by atoms with Gasteiger partial charge in [-0.2, -0.15) is 0 Å². The standard InChI is InChI=1S/C16H18N2O2S/c19-14-8-13(9-15(20)10-14)11-18-16(21)17-7-6-12-4-2-1-3-5-12/h1-5,8-10,19-20H,6-7,11H2,(H2,17,18,21). The Bertz CT molecular complexity index is 582. The molecule has 0 aliphatic carbocycles. The van der Waals surface area contributed by atoms with E-state index in [4.69, 9.17) is 12.2 Å². The smallest absolute Gasteiger partial charge is 0.166 e. The molecule has 0 aromatic heterocycles. The van der Waals surface area contributed by atoms with Crippen molar-refractivity contribution in [1.82, 2.24) is 10.6 Å². The van der Waals surface area contributed by atoms with E-state index in [0.717, 1.165) is 18.5 Å². The molecular weight excluding hydrogens is 284 g/mol. The van der Waals surface area contributed by atoms with Crippen molar-refractivity contribution in [3.63, 3.8) is 0 Å². The maximum absolute atomic E-state index is 9.39. The fourth-order valence-corrected chi connectivity index (χ4v) is 2.14. The average molecular weight is 302 g/mol. The normalized spacial score (nSPS) is 10.1. The summed E-state index contributed by atoms with van der Waals surface area (Å²) in [6, 6.07) is 14.6. The van der Waals surface area contributed by atoms with E-state index in [2.05, 4.69) is 22.8 Å². The number of phenols is 2. The summed E-state index contributed by atoms with van der Waals surface area (Å²) in [5.74, 6) is 0.0736. The molecule has 4 nitrogen and oxygen atoms in total. The SMILES string of the molecule is Oc1cc(O)cc(CNC(=S)NCCc2ccccc2)c1. The third-order valence-corrected chi connectivity index (χ3v) is 3.25. The molecular formula is C16H18N2O2S. The number of hydrogen-bond donors (Lipinski definition) is 4. The molecule has 0 aliphatic rings. The second-order valence-corrected chi connectivity index (χ2v) is 5.11. The lowest BCUT2D eigenvalue weighted by molar-refractivity contribution is 0.449. The van der Waals surface area contributed by atoms with E-state index >= 15 is 0 Å². The molecule has 4 N–H and O–H groups in total. The van der Waals surface area contributed by atoms with E-state index in [9.17, 15) is 10.2 Å². The van der Waals surface area contributed by atoms with Crippen LogP contribution in [-0.4, -0.2) is 21.9 Å². The van der Waals surface area contributed by atoms with Gasteiger partial charge in [0.2, 0.25) is 0 Å². The first-order valence-corrected chi connectivity index (χ1v) is 7.12. The number of benzene rings is 2. The van der Waals surface area contributed by atoms with Crippen LogP contribution < -0.4 is 10.6 Å². The third-order valence-electron chi connectivity index (χ3n) is 2.96. The lowest BCUT2D eigenvalue weighted by Crippen LogP contribution is -2.35. The van der Waals surface area contributed by atoms with Crippen LogP contribution in [0.5, 0.6) is 11.5 Å². The number of hydrogen-bond acceptors (Lipinski definition) is 3. The molecule has 0 saturated heterocycles. The highest BCUT2D eigenvalue weighted by Gasteiger charge is 2.01. The Kier molecular flexibility index (Phi) is 5.40. The van der Waals surface area contributed by atoms with E-state index in [1.165, 1.54) is 11.6 Å². The summed E-state index contributed by atoms with van der Waals surface area (Å²) in [4.78, 5) is 0. The van der Waals surface area contributed by atoms with Gasteiger partial charge in [-0.05, 0) is 41.9 Å². The largest absolute Gasteiger partial charge is 0.508 e. The van der Waals surface area contributed by atoms with Gasteiger partial charge in [-0.25, -0.2) is 0 Å². The molecule has 21 heavy (non-hydrogen) atoms. The molecule has 0 heterocycles. The highest BCUT2D eigenvalue weighted by molar-refractivity contribution is 7.80. The van der Waals surface area contributed by atoms with Crippen molar-refractivity contribution in [2.75, 3.05) is 6.54 Å². The number of nitrogens with one attached hydrogen (secondary N) is 2. The summed E-state index contributed by atoms with van der Waals surface area (Å²) in [6.45, 7) is 1.19. The molecule has 0 fully saturated rings. The van der Waals surface area contributed by atoms with Gasteiger partial charge in [0, 0.05) is 19.2 Å². The molecule has 5 heteroatoms. The second-order valence-electron chi connectivity index (χ2n) is 4.70. The van der Waals surface area contributed by atoms with Gasteiger partial charge in [0.05, 0.1) is 0 Å². The predicted molar refractivity (Wildman–Crippen MR) is 87.4 cm³/mol. The van der Waals surface area contributed by atoms with Crippen molar-refractivity contribution in [2.45, 2.75) is 13.0 Å². The predicted octanol–water partition coefficient (Wildman–Crippen LogP) is 2.30. The van der Waals surface area contributed by atoms with Crippen molar-refractivity contribution >= 4 is 17.3 Å². The molecule has 0 saturated carbocycles. The summed E-state index contributed by atoms with van der Waals surface area (Å²) in [7, 11) is 0. The molecule has 110 valence electrons. The summed E-state index contributed by atoms with van der Waals surface area (Å²) in [6.07, 6.45) is 0.898. The molecule has 0 radical (unpaired) electrons. The quantitative estimate of drug-likeness (QED) is 0.638. The minimum Gasteiger partial charge on any atom is -0.508 e. The van der Waals surface area contributed by atoms with Crippen LogP contribution in [0.25, 0.3) is 0 Å². The number of phenolic OH excluding ortho intramolecular Hbond substituents is 2. The first kappa shape index (κ1) is 15.1. The van der Waals surface area contributed by atoms with Crippen LogP contribution in [0.1, 0.15) is 11.1 Å². The zero-order valence-corrected chi connectivity index (χ0v) is 12.4. The van der Waals surface area contributed by atoms with Crippen LogP contribution in [0.15, 0.2) is 48.5 Å². The monoisotopic (exact) mass is 302 g/mol. The van der Waals surface area contributed by atoms with E-state index in [1.54, 1.807) is 12.1 Å². The zero-order chi connectivity index (χ0) is 15.1. The van der Waals surface area contributed by atoms with Crippen molar-refractivity contribution in [1.29, 1.82) is 0 Å². The van der Waals surface area contributed by atoms with Crippen LogP contribution in [-0.2, 0) is 13.0 Å². The van der Waals surface area contributed by atoms with E-state index in [1.807, 2.05) is 18.2 Å². The molecule has 2 aromatic carbocycles. The van der Waals surface area contributed by atoms with Crippen LogP contribution in [0.3, 0.4) is 0 Å². The van der Waals surface area contributed by atoms with Gasteiger partial charge in [0.25, 0.3) is 0 Å². The maximum atomic E-state index is 9.39. The molecule has 2 aromatic rings. The summed E-state index contributed by atoms with van der Waals surface area (Å²) < 4.78 is 0. The Hall–Kier alpha value is -2.27. The van der Waals surface area contributed by atoms with Gasteiger partial charge < -0.3 is 20.8 Å². The Morgan fingerprint density at radius 3 is 2.24 bits per heavy atom. The van der Waals surface area contributed by atoms with Crippen LogP contribution in [0.2, 0.25) is 0 Å². The topological polar surface area (TPSA) is 64.5 Å². The van der Waals surface area contributed by atoms with Gasteiger partial charge in [-0.15, -0.1) is 0 Å². The van der Waals surface area contributed by atoms with Gasteiger partial charge in [0.15, 0.2) is 5.11 Å². The van der Waals surface area contributed by atoms with E-state index in [0.29, 0.717) is 11.7 Å². The van der Waals surface area contributed by atoms with Crippen molar-refractivity contribution in [2.24, 2.45) is 0 Å². The first-order chi connectivity index (χ1) is 10.1. The summed E-state index contributed by atoms with van der Waals surface area (Å²) in [5.41, 5.74) is 2.02. The molecule has 0 bridgehead atoms. The summed E-state index contributed by atoms with van der Waals surface area (Å²) in [5, 5.41) is 25.5. The van der Waals surface area contributed by atoms with Crippen molar-refractivity contribution in [3.05, 3.63) is 59.7 Å². The Balaban J connectivity index is 1.72. The molecule has 0 unspecified atom stereocenters. The van der Waals surface area contributed by atoms with E-state index < -0.39 is 0 Å². The number of thiocarbonyl (C=S) groups is 1. The molecule has 0 spiro atoms. The van der Waals surface area contributed by atoms with Gasteiger partial charge in [-0.3, -0.25) is 0 Å². The highest BCUT2D eigenvalue weighted by atomic mass is 32.1. The maximum Gasteiger partial charge on any atom is 0.166 e. The van der Waals surface area contributed by atoms with Crippen LogP contribution >= 0.6 is 12.2 Å². The molecule has 0 amide bonds. The van der Waals surface area contributed by atoms with Crippen molar-refractivity contribution in [3.8, 4) is 11.5 Å². The molecule has 0 atom stereocenters. The summed E-state index contributed by atoms with van der Waals surface area (Å²) >= 11 is 5.19. The lowest BCUT2D eigenvalue weighted by Gasteiger charge is -2.11. The molecule has 0 aliphatic heterocycles. The second kappa shape index (κ2) is 7.50. The molecule has 2 rings (SSSR count). The van der Waals surface area contributed by atoms with E-state index in [-0.39, 0.29) is 11.5 Å². The van der Waals surface area contributed by atoms with Crippen molar-refractivity contribution < 1.29 is 10.2 Å². The minimum absolute atomic E-state index is 0.0368. The van der Waals surface area contributed by atoms with Gasteiger partial charge in [-0.1, -0.05) is 30.3 Å². The Morgan fingerprint density at radius 1 is 0.905 bits per heavy atom. The number of aromatic hydroxyl groups is 2. The zero-order valence-electron chi connectivity index (χ0n) is 11.5. The third kappa shape index (κ3) is 5.31. The Labute approximate surface area is 129 Å². The van der Waals surface area contributed by atoms with Gasteiger partial charge in [0.1, 0.15) is 11.5 Å². The highest BCUT2D eigenvalue weighted by Crippen LogP contribution is 2.19.